The van der Waals surface area contributed by atoms with E-state index < -0.39 is 0 Å². The van der Waals surface area contributed by atoms with Crippen molar-refractivity contribution in [3.05, 3.63) is 60.0 Å². The van der Waals surface area contributed by atoms with Gasteiger partial charge in [-0.25, -0.2) is 0 Å². The molecule has 3 aromatic rings. The lowest BCUT2D eigenvalue weighted by molar-refractivity contribution is -0.116. The van der Waals surface area contributed by atoms with E-state index in [2.05, 4.69) is 36.2 Å². The highest BCUT2D eigenvalue weighted by molar-refractivity contribution is 5.90. The number of amides is 1. The maximum absolute atomic E-state index is 12.2. The number of hydrogen-bond acceptors (Lipinski definition) is 5. The number of aromatic nitrogens is 2. The molecule has 1 amide bonds. The van der Waals surface area contributed by atoms with Crippen molar-refractivity contribution in [1.82, 2.24) is 10.1 Å². The molecule has 0 aliphatic rings. The summed E-state index contributed by atoms with van der Waals surface area (Å²) >= 11 is 0. The van der Waals surface area contributed by atoms with Gasteiger partial charge in [0.2, 0.25) is 17.6 Å². The summed E-state index contributed by atoms with van der Waals surface area (Å²) in [5, 5.41) is 6.89. The Balaban J connectivity index is 1.57. The van der Waals surface area contributed by atoms with Crippen LogP contribution in [0.3, 0.4) is 0 Å². The second-order valence-electron chi connectivity index (χ2n) is 7.59. The van der Waals surface area contributed by atoms with Crippen LogP contribution < -0.4 is 10.1 Å². The molecule has 28 heavy (non-hydrogen) atoms. The Morgan fingerprint density at radius 3 is 2.50 bits per heavy atom. The van der Waals surface area contributed by atoms with Crippen LogP contribution in [0.5, 0.6) is 5.75 Å². The predicted molar refractivity (Wildman–Crippen MR) is 108 cm³/mol. The van der Waals surface area contributed by atoms with Gasteiger partial charge < -0.3 is 14.6 Å². The maximum atomic E-state index is 12.2. The Kier molecular flexibility index (Phi) is 5.78. The van der Waals surface area contributed by atoms with E-state index in [4.69, 9.17) is 9.26 Å². The van der Waals surface area contributed by atoms with Crippen LogP contribution in [0.1, 0.15) is 38.6 Å². The molecule has 0 unspecified atom stereocenters. The molecule has 6 heteroatoms. The summed E-state index contributed by atoms with van der Waals surface area (Å²) in [6.07, 6.45) is 0.628. The fourth-order valence-corrected chi connectivity index (χ4v) is 2.79. The first kappa shape index (κ1) is 19.6. The largest absolute Gasteiger partial charge is 0.496 e. The van der Waals surface area contributed by atoms with Crippen LogP contribution in [-0.2, 0) is 16.6 Å². The van der Waals surface area contributed by atoms with Gasteiger partial charge in [-0.2, -0.15) is 4.98 Å². The number of carbonyl (C=O) groups is 1. The molecule has 0 atom stereocenters. The normalized spacial score (nSPS) is 11.3. The number of carbonyl (C=O) groups excluding carboxylic acids is 1. The molecule has 2 aromatic carbocycles. The average molecular weight is 379 g/mol. The summed E-state index contributed by atoms with van der Waals surface area (Å²) in [5.41, 5.74) is 2.83. The molecule has 146 valence electrons. The topological polar surface area (TPSA) is 77.2 Å². The van der Waals surface area contributed by atoms with E-state index in [1.165, 1.54) is 5.56 Å². The van der Waals surface area contributed by atoms with Crippen molar-refractivity contribution in [2.45, 2.75) is 39.0 Å². The van der Waals surface area contributed by atoms with E-state index in [0.717, 1.165) is 11.3 Å². The summed E-state index contributed by atoms with van der Waals surface area (Å²) in [4.78, 5) is 16.6. The first-order valence-electron chi connectivity index (χ1n) is 9.23. The molecular weight excluding hydrogens is 354 g/mol. The fraction of sp³-hybridized carbons (Fsp3) is 0.318. The average Bonchev–Trinajstić information content (AvgIpc) is 3.15. The van der Waals surface area contributed by atoms with Crippen LogP contribution in [0, 0.1) is 0 Å². The molecule has 6 nitrogen and oxygen atoms in total. The summed E-state index contributed by atoms with van der Waals surface area (Å²) in [6, 6.07) is 15.4. The number of para-hydroxylation sites is 1. The van der Waals surface area contributed by atoms with E-state index in [1.54, 1.807) is 7.11 Å². The molecule has 1 N–H and O–H groups in total. The molecule has 1 aromatic heterocycles. The predicted octanol–water partition coefficient (Wildman–Crippen LogP) is 4.61. The van der Waals surface area contributed by atoms with Gasteiger partial charge >= 0.3 is 0 Å². The molecule has 0 saturated heterocycles. The number of nitrogens with zero attached hydrogens (tertiary/aromatic N) is 2. The van der Waals surface area contributed by atoms with Crippen LogP contribution in [0.2, 0.25) is 0 Å². The Morgan fingerprint density at radius 1 is 1.11 bits per heavy atom. The molecule has 0 aliphatic heterocycles. The van der Waals surface area contributed by atoms with Gasteiger partial charge in [0.25, 0.3) is 0 Å². The lowest BCUT2D eigenvalue weighted by Crippen LogP contribution is -2.14. The summed E-state index contributed by atoms with van der Waals surface area (Å²) in [5.74, 6) is 1.44. The third kappa shape index (κ3) is 4.76. The minimum Gasteiger partial charge on any atom is -0.496 e. The lowest BCUT2D eigenvalue weighted by atomic mass is 9.87. The standard InChI is InChI=1S/C22H25N3O3/c1-22(2,3)15-9-11-16(12-10-15)23-19(26)13-14-20-24-21(25-28-20)17-7-5-6-8-18(17)27-4/h5-12H,13-14H2,1-4H3,(H,23,26). The van der Waals surface area contributed by atoms with Gasteiger partial charge in [0.05, 0.1) is 12.7 Å². The summed E-state index contributed by atoms with van der Waals surface area (Å²) in [7, 11) is 1.60. The van der Waals surface area contributed by atoms with Gasteiger partial charge in [-0.3, -0.25) is 4.79 Å². The van der Waals surface area contributed by atoms with Gasteiger partial charge in [0.15, 0.2) is 0 Å². The molecule has 0 aliphatic carbocycles. The SMILES string of the molecule is COc1ccccc1-c1noc(CCC(=O)Nc2ccc(C(C)(C)C)cc2)n1. The van der Waals surface area contributed by atoms with E-state index in [9.17, 15) is 4.79 Å². The highest BCUT2D eigenvalue weighted by Gasteiger charge is 2.15. The van der Waals surface area contributed by atoms with Gasteiger partial charge in [-0.1, -0.05) is 50.2 Å². The second kappa shape index (κ2) is 8.25. The molecule has 0 fully saturated rings. The zero-order chi connectivity index (χ0) is 20.1. The van der Waals surface area contributed by atoms with Crippen molar-refractivity contribution in [3.8, 4) is 17.1 Å². The maximum Gasteiger partial charge on any atom is 0.227 e. The van der Waals surface area contributed by atoms with Crippen molar-refractivity contribution in [2.75, 3.05) is 12.4 Å². The Morgan fingerprint density at radius 2 is 1.82 bits per heavy atom. The molecule has 0 saturated carbocycles. The van der Waals surface area contributed by atoms with E-state index in [-0.39, 0.29) is 17.7 Å². The van der Waals surface area contributed by atoms with Crippen LogP contribution in [0.25, 0.3) is 11.4 Å². The smallest absolute Gasteiger partial charge is 0.227 e. The molecule has 0 radical (unpaired) electrons. The van der Waals surface area contributed by atoms with E-state index >= 15 is 0 Å². The minimum atomic E-state index is -0.0967. The van der Waals surface area contributed by atoms with E-state index in [0.29, 0.717) is 23.9 Å². The zero-order valence-corrected chi connectivity index (χ0v) is 16.7. The second-order valence-corrected chi connectivity index (χ2v) is 7.59. The van der Waals surface area contributed by atoms with Gasteiger partial charge in [-0.15, -0.1) is 0 Å². The third-order valence-electron chi connectivity index (χ3n) is 4.42. The fourth-order valence-electron chi connectivity index (χ4n) is 2.79. The Labute approximate surface area is 164 Å². The van der Waals surface area contributed by atoms with Crippen LogP contribution in [-0.4, -0.2) is 23.2 Å². The first-order chi connectivity index (χ1) is 13.4. The number of anilines is 1. The van der Waals surface area contributed by atoms with E-state index in [1.807, 2.05) is 48.5 Å². The highest BCUT2D eigenvalue weighted by atomic mass is 16.5. The minimum absolute atomic E-state index is 0.0830. The number of methoxy groups -OCH3 is 1. The van der Waals surface area contributed by atoms with Crippen molar-refractivity contribution in [1.29, 1.82) is 0 Å². The highest BCUT2D eigenvalue weighted by Crippen LogP contribution is 2.27. The summed E-state index contributed by atoms with van der Waals surface area (Å²) in [6.45, 7) is 6.47. The molecular formula is C22H25N3O3. The lowest BCUT2D eigenvalue weighted by Gasteiger charge is -2.19. The van der Waals surface area contributed by atoms with Crippen LogP contribution in [0.15, 0.2) is 53.1 Å². The quantitative estimate of drug-likeness (QED) is 0.676. The van der Waals surface area contributed by atoms with Gasteiger partial charge in [0.1, 0.15) is 5.75 Å². The van der Waals surface area contributed by atoms with Gasteiger partial charge in [-0.05, 0) is 35.2 Å². The number of nitrogens with one attached hydrogen (secondary N) is 1. The van der Waals surface area contributed by atoms with Gasteiger partial charge in [0, 0.05) is 18.5 Å². The Bertz CT molecular complexity index is 940. The van der Waals surface area contributed by atoms with Crippen LogP contribution in [0.4, 0.5) is 5.69 Å². The molecule has 0 bridgehead atoms. The number of rotatable bonds is 6. The monoisotopic (exact) mass is 379 g/mol. The number of aryl methyl sites for hydroxylation is 1. The number of ether oxygens (including phenoxy) is 1. The molecule has 3 rings (SSSR count). The number of hydrogen-bond donors (Lipinski definition) is 1. The van der Waals surface area contributed by atoms with Crippen molar-refractivity contribution < 1.29 is 14.1 Å². The zero-order valence-electron chi connectivity index (χ0n) is 16.7. The third-order valence-corrected chi connectivity index (χ3v) is 4.42. The Hall–Kier alpha value is -3.15. The van der Waals surface area contributed by atoms with Crippen molar-refractivity contribution in [3.63, 3.8) is 0 Å². The number of benzene rings is 2. The van der Waals surface area contributed by atoms with Crippen molar-refractivity contribution in [2.24, 2.45) is 0 Å². The van der Waals surface area contributed by atoms with Crippen LogP contribution >= 0.6 is 0 Å². The molecule has 0 spiro atoms. The summed E-state index contributed by atoms with van der Waals surface area (Å²) < 4.78 is 10.6. The molecule has 1 heterocycles. The van der Waals surface area contributed by atoms with Crippen molar-refractivity contribution >= 4 is 11.6 Å². The first-order valence-corrected chi connectivity index (χ1v) is 9.23.